The zero-order chi connectivity index (χ0) is 26.5. The lowest BCUT2D eigenvalue weighted by Crippen LogP contribution is -2.42. The fourth-order valence-electron chi connectivity index (χ4n) is 5.45. The van der Waals surface area contributed by atoms with Crippen molar-refractivity contribution in [3.63, 3.8) is 0 Å². The van der Waals surface area contributed by atoms with Crippen LogP contribution in [0.4, 0.5) is 5.69 Å². The number of halogens is 2. The summed E-state index contributed by atoms with van der Waals surface area (Å²) in [5.41, 5.74) is 3.69. The van der Waals surface area contributed by atoms with Crippen LogP contribution >= 0.6 is 23.2 Å². The Morgan fingerprint density at radius 3 is 2.49 bits per heavy atom. The Bertz CT molecular complexity index is 1220. The van der Waals surface area contributed by atoms with Crippen LogP contribution in [0.15, 0.2) is 48.8 Å². The van der Waals surface area contributed by atoms with Crippen molar-refractivity contribution in [3.8, 4) is 0 Å². The van der Waals surface area contributed by atoms with Gasteiger partial charge in [0.05, 0.1) is 6.54 Å². The molecule has 1 amide bonds. The molecule has 198 valence electrons. The van der Waals surface area contributed by atoms with Gasteiger partial charge in [0, 0.05) is 58.9 Å². The number of rotatable bonds is 9. The second-order valence-corrected chi connectivity index (χ2v) is 11.0. The van der Waals surface area contributed by atoms with E-state index in [9.17, 15) is 4.79 Å². The summed E-state index contributed by atoms with van der Waals surface area (Å²) in [7, 11) is 4.33. The molecule has 3 aromatic rings. The molecule has 0 atom stereocenters. The van der Waals surface area contributed by atoms with Gasteiger partial charge in [-0.3, -0.25) is 4.79 Å². The van der Waals surface area contributed by atoms with Gasteiger partial charge >= 0.3 is 0 Å². The molecule has 1 fully saturated rings. The van der Waals surface area contributed by atoms with Crippen LogP contribution in [0.25, 0.3) is 0 Å². The first kappa shape index (κ1) is 27.5. The summed E-state index contributed by atoms with van der Waals surface area (Å²) in [5.74, 6) is 0.631. The van der Waals surface area contributed by atoms with E-state index in [1.165, 1.54) is 12.8 Å². The standard InChI is InChI=1S/C29H37Cl2N5O/c1-5-36(25-11-9-24(10-12-25)34(3)4)27-17-23(31)16-26(20(27)2)29(37)33-18-28-32-13-14-35(28)19-21-7-6-8-22(30)15-21/h6-8,13-17,24-25H,5,9-12,18-19H2,1-4H3,(H,33,37)/t24-,25-. The van der Waals surface area contributed by atoms with Crippen LogP contribution in [0.2, 0.25) is 10.0 Å². The van der Waals surface area contributed by atoms with Crippen molar-refractivity contribution in [2.75, 3.05) is 25.5 Å². The minimum absolute atomic E-state index is 0.147. The van der Waals surface area contributed by atoms with Gasteiger partial charge in [-0.2, -0.15) is 0 Å². The molecule has 0 saturated heterocycles. The van der Waals surface area contributed by atoms with Gasteiger partial charge in [0.2, 0.25) is 0 Å². The number of carbonyl (C=O) groups excluding carboxylic acids is 1. The normalized spacial score (nSPS) is 17.7. The number of imidazole rings is 1. The summed E-state index contributed by atoms with van der Waals surface area (Å²) in [6.07, 6.45) is 8.30. The second kappa shape index (κ2) is 12.3. The monoisotopic (exact) mass is 541 g/mol. The van der Waals surface area contributed by atoms with Crippen molar-refractivity contribution >= 4 is 34.8 Å². The van der Waals surface area contributed by atoms with Crippen LogP contribution in [0.1, 0.15) is 59.9 Å². The summed E-state index contributed by atoms with van der Waals surface area (Å²) in [4.78, 5) is 22.6. The van der Waals surface area contributed by atoms with Gasteiger partial charge in [-0.15, -0.1) is 0 Å². The minimum Gasteiger partial charge on any atom is -0.369 e. The van der Waals surface area contributed by atoms with Gasteiger partial charge in [-0.25, -0.2) is 4.98 Å². The maximum absolute atomic E-state index is 13.3. The number of aromatic nitrogens is 2. The number of nitrogens with zero attached hydrogens (tertiary/aromatic N) is 4. The van der Waals surface area contributed by atoms with Crippen molar-refractivity contribution in [3.05, 3.63) is 81.4 Å². The maximum atomic E-state index is 13.3. The van der Waals surface area contributed by atoms with Gasteiger partial charge < -0.3 is 19.7 Å². The van der Waals surface area contributed by atoms with Gasteiger partial charge in [-0.1, -0.05) is 35.3 Å². The summed E-state index contributed by atoms with van der Waals surface area (Å²) < 4.78 is 2.02. The van der Waals surface area contributed by atoms with Crippen LogP contribution < -0.4 is 10.2 Å². The van der Waals surface area contributed by atoms with E-state index < -0.39 is 0 Å². The highest BCUT2D eigenvalue weighted by Crippen LogP contribution is 2.34. The van der Waals surface area contributed by atoms with Gasteiger partial charge in [0.25, 0.3) is 5.91 Å². The third-order valence-corrected chi connectivity index (χ3v) is 7.98. The first-order valence-corrected chi connectivity index (χ1v) is 13.8. The maximum Gasteiger partial charge on any atom is 0.252 e. The Morgan fingerprint density at radius 1 is 1.08 bits per heavy atom. The van der Waals surface area contributed by atoms with E-state index in [0.29, 0.717) is 40.8 Å². The molecule has 4 rings (SSSR count). The van der Waals surface area contributed by atoms with E-state index in [2.05, 4.69) is 41.1 Å². The number of benzene rings is 2. The fourth-order valence-corrected chi connectivity index (χ4v) is 5.87. The van der Waals surface area contributed by atoms with Gasteiger partial charge in [0.1, 0.15) is 5.82 Å². The van der Waals surface area contributed by atoms with Crippen LogP contribution in [0.5, 0.6) is 0 Å². The summed E-state index contributed by atoms with van der Waals surface area (Å²) in [6, 6.07) is 12.6. The van der Waals surface area contributed by atoms with Crippen LogP contribution in [0, 0.1) is 6.92 Å². The van der Waals surface area contributed by atoms with E-state index >= 15 is 0 Å². The molecule has 1 aromatic heterocycles. The number of carbonyl (C=O) groups is 1. The third kappa shape index (κ3) is 6.67. The summed E-state index contributed by atoms with van der Waals surface area (Å²) >= 11 is 12.7. The lowest BCUT2D eigenvalue weighted by atomic mass is 9.89. The lowest BCUT2D eigenvalue weighted by Gasteiger charge is -2.40. The number of hydrogen-bond donors (Lipinski definition) is 1. The first-order chi connectivity index (χ1) is 17.8. The van der Waals surface area contributed by atoms with Crippen molar-refractivity contribution in [1.29, 1.82) is 0 Å². The van der Waals surface area contributed by atoms with Crippen molar-refractivity contribution in [2.45, 2.75) is 64.7 Å². The molecule has 2 aromatic carbocycles. The lowest BCUT2D eigenvalue weighted by molar-refractivity contribution is 0.0949. The van der Waals surface area contributed by atoms with E-state index in [4.69, 9.17) is 23.2 Å². The Morgan fingerprint density at radius 2 is 1.81 bits per heavy atom. The Balaban J connectivity index is 1.47. The molecule has 1 saturated carbocycles. The smallest absolute Gasteiger partial charge is 0.252 e. The highest BCUT2D eigenvalue weighted by Gasteiger charge is 2.28. The van der Waals surface area contributed by atoms with Gasteiger partial charge in [-0.05, 0) is 89.0 Å². The Hall–Kier alpha value is -2.54. The van der Waals surface area contributed by atoms with Crippen molar-refractivity contribution < 1.29 is 4.79 Å². The molecule has 0 spiro atoms. The molecule has 1 heterocycles. The van der Waals surface area contributed by atoms with Crippen LogP contribution in [-0.4, -0.2) is 53.1 Å². The van der Waals surface area contributed by atoms with Crippen LogP contribution in [0.3, 0.4) is 0 Å². The first-order valence-electron chi connectivity index (χ1n) is 13.0. The second-order valence-electron chi connectivity index (χ2n) is 10.1. The largest absolute Gasteiger partial charge is 0.369 e. The molecule has 6 nitrogen and oxygen atoms in total. The molecule has 1 aliphatic carbocycles. The summed E-state index contributed by atoms with van der Waals surface area (Å²) in [5, 5.41) is 4.34. The van der Waals surface area contributed by atoms with Crippen LogP contribution in [-0.2, 0) is 13.1 Å². The Kier molecular flexibility index (Phi) is 9.17. The molecular formula is C29H37Cl2N5O. The number of nitrogens with one attached hydrogen (secondary N) is 1. The van der Waals surface area contributed by atoms with E-state index in [1.807, 2.05) is 48.0 Å². The van der Waals surface area contributed by atoms with Crippen molar-refractivity contribution in [1.82, 2.24) is 19.8 Å². The molecule has 1 N–H and O–H groups in total. The van der Waals surface area contributed by atoms with E-state index in [1.54, 1.807) is 12.3 Å². The molecule has 0 unspecified atom stereocenters. The van der Waals surface area contributed by atoms with E-state index in [0.717, 1.165) is 42.0 Å². The predicted octanol–water partition coefficient (Wildman–Crippen LogP) is 6.18. The molecule has 8 heteroatoms. The molecule has 0 bridgehead atoms. The molecule has 0 aliphatic heterocycles. The van der Waals surface area contributed by atoms with E-state index in [-0.39, 0.29) is 5.91 Å². The minimum atomic E-state index is -0.147. The molecule has 37 heavy (non-hydrogen) atoms. The number of hydrogen-bond acceptors (Lipinski definition) is 4. The zero-order valence-electron chi connectivity index (χ0n) is 22.2. The average Bonchev–Trinajstić information content (AvgIpc) is 3.32. The molecule has 0 radical (unpaired) electrons. The average molecular weight is 543 g/mol. The summed E-state index contributed by atoms with van der Waals surface area (Å²) in [6.45, 7) is 6.03. The molecular weight excluding hydrogens is 505 g/mol. The van der Waals surface area contributed by atoms with Gasteiger partial charge in [0.15, 0.2) is 0 Å². The highest BCUT2D eigenvalue weighted by atomic mass is 35.5. The SMILES string of the molecule is CCN(c1cc(Cl)cc(C(=O)NCc2nccn2Cc2cccc(Cl)c2)c1C)[C@H]1CC[C@H](N(C)C)CC1. The number of amides is 1. The highest BCUT2D eigenvalue weighted by molar-refractivity contribution is 6.31. The quantitative estimate of drug-likeness (QED) is 0.351. The molecule has 1 aliphatic rings. The third-order valence-electron chi connectivity index (χ3n) is 7.53. The zero-order valence-corrected chi connectivity index (χ0v) is 23.7. The predicted molar refractivity (Wildman–Crippen MR) is 153 cm³/mol. The topological polar surface area (TPSA) is 53.4 Å². The fraction of sp³-hybridized carbons (Fsp3) is 0.448. The van der Waals surface area contributed by atoms with Crippen molar-refractivity contribution in [2.24, 2.45) is 0 Å². The Labute approximate surface area is 230 Å². The number of anilines is 1.